The molecule has 0 bridgehead atoms. The molecule has 1 aromatic rings. The molecule has 0 radical (unpaired) electrons. The van der Waals surface area contributed by atoms with Crippen molar-refractivity contribution in [2.45, 2.75) is 19.4 Å². The van der Waals surface area contributed by atoms with E-state index in [0.717, 1.165) is 11.3 Å². The quantitative estimate of drug-likeness (QED) is 0.349. The first kappa shape index (κ1) is 13.0. The van der Waals surface area contributed by atoms with Crippen LogP contribution >= 0.6 is 0 Å². The van der Waals surface area contributed by atoms with Crippen LogP contribution in [0.15, 0.2) is 11.3 Å². The highest BCUT2D eigenvalue weighted by molar-refractivity contribution is 5.25. The maximum Gasteiger partial charge on any atom is 0.124 e. The lowest BCUT2D eigenvalue weighted by Gasteiger charge is -2.10. The average Bonchev–Trinajstić information content (AvgIpc) is 2.66. The fourth-order valence-corrected chi connectivity index (χ4v) is 1.47. The molecule has 17 heavy (non-hydrogen) atoms. The van der Waals surface area contributed by atoms with E-state index in [4.69, 9.17) is 10.8 Å². The van der Waals surface area contributed by atoms with Gasteiger partial charge in [0.1, 0.15) is 6.04 Å². The molecule has 0 amide bonds. The Morgan fingerprint density at radius 3 is 3.06 bits per heavy atom. The lowest BCUT2D eigenvalue weighted by atomic mass is 10.1. The maximum atomic E-state index is 9.08. The summed E-state index contributed by atoms with van der Waals surface area (Å²) in [4.78, 5) is 2.67. The second-order valence-corrected chi connectivity index (χ2v) is 3.63. The maximum absolute atomic E-state index is 9.08. The molecule has 0 aliphatic carbocycles. The molecule has 0 fully saturated rings. The first-order valence-electron chi connectivity index (χ1n) is 5.33. The van der Waals surface area contributed by atoms with Crippen LogP contribution in [0, 0.1) is 18.3 Å². The van der Waals surface area contributed by atoms with Crippen LogP contribution in [-0.2, 0) is 7.05 Å². The zero-order valence-corrected chi connectivity index (χ0v) is 9.96. The minimum atomic E-state index is -0.366. The Kier molecular flexibility index (Phi) is 5.01. The fraction of sp³-hybridized carbons (Fsp3) is 0.600. The van der Waals surface area contributed by atoms with Gasteiger partial charge in [0.2, 0.25) is 0 Å². The van der Waals surface area contributed by atoms with Gasteiger partial charge in [-0.05, 0) is 25.4 Å². The lowest BCUT2D eigenvalue weighted by molar-refractivity contribution is 0.604. The Morgan fingerprint density at radius 2 is 2.53 bits per heavy atom. The summed E-state index contributed by atoms with van der Waals surface area (Å²) >= 11 is 0. The van der Waals surface area contributed by atoms with Gasteiger partial charge in [-0.3, -0.25) is 10.00 Å². The molecule has 0 saturated carbocycles. The number of nitriles is 1. The van der Waals surface area contributed by atoms with E-state index in [9.17, 15) is 0 Å². The molecule has 7 heteroatoms. The van der Waals surface area contributed by atoms with Gasteiger partial charge in [-0.25, -0.2) is 0 Å². The van der Waals surface area contributed by atoms with Crippen molar-refractivity contribution in [2.75, 3.05) is 13.1 Å². The molecule has 90 valence electrons. The van der Waals surface area contributed by atoms with Crippen molar-refractivity contribution in [3.05, 3.63) is 27.9 Å². The van der Waals surface area contributed by atoms with Crippen molar-refractivity contribution in [3.8, 4) is 6.07 Å². The minimum Gasteiger partial charge on any atom is -0.298 e. The van der Waals surface area contributed by atoms with Crippen molar-refractivity contribution in [1.29, 1.82) is 5.26 Å². The van der Waals surface area contributed by atoms with E-state index in [2.05, 4.69) is 26.5 Å². The SMILES string of the molecule is Cc1c(C(C#N)NCCCN=[N+]=[N-])cnn1C. The number of azide groups is 1. The summed E-state index contributed by atoms with van der Waals surface area (Å²) < 4.78 is 1.74. The Morgan fingerprint density at radius 1 is 1.76 bits per heavy atom. The molecule has 0 aliphatic rings. The summed E-state index contributed by atoms with van der Waals surface area (Å²) in [5.41, 5.74) is 9.97. The Bertz CT molecular complexity index is 450. The van der Waals surface area contributed by atoms with E-state index >= 15 is 0 Å². The molecule has 1 atom stereocenters. The fourth-order valence-electron chi connectivity index (χ4n) is 1.47. The lowest BCUT2D eigenvalue weighted by Crippen LogP contribution is -2.22. The number of nitrogens with zero attached hydrogens (tertiary/aromatic N) is 6. The number of rotatable bonds is 6. The largest absolute Gasteiger partial charge is 0.298 e. The summed E-state index contributed by atoms with van der Waals surface area (Å²) in [6, 6.07) is 1.83. The first-order valence-corrected chi connectivity index (χ1v) is 5.33. The van der Waals surface area contributed by atoms with Crippen LogP contribution in [0.1, 0.15) is 23.7 Å². The zero-order valence-electron chi connectivity index (χ0n) is 9.96. The smallest absolute Gasteiger partial charge is 0.124 e. The normalized spacial score (nSPS) is 11.6. The van der Waals surface area contributed by atoms with Crippen molar-refractivity contribution >= 4 is 0 Å². The second-order valence-electron chi connectivity index (χ2n) is 3.63. The highest BCUT2D eigenvalue weighted by atomic mass is 15.3. The molecule has 1 N–H and O–H groups in total. The third-order valence-corrected chi connectivity index (χ3v) is 2.56. The van der Waals surface area contributed by atoms with Gasteiger partial charge in [0.05, 0.1) is 12.3 Å². The van der Waals surface area contributed by atoms with Crippen LogP contribution in [0.5, 0.6) is 0 Å². The van der Waals surface area contributed by atoms with Crippen molar-refractivity contribution < 1.29 is 0 Å². The summed E-state index contributed by atoms with van der Waals surface area (Å²) in [5.74, 6) is 0. The molecule has 0 aliphatic heterocycles. The van der Waals surface area contributed by atoms with Crippen LogP contribution in [0.2, 0.25) is 0 Å². The molecule has 7 nitrogen and oxygen atoms in total. The standard InChI is InChI=1S/C10H15N7/c1-8-9(7-15-17(8)2)10(6-11)13-4-3-5-14-16-12/h7,10,13H,3-5H2,1-2H3. The average molecular weight is 233 g/mol. The van der Waals surface area contributed by atoms with Gasteiger partial charge in [-0.1, -0.05) is 5.11 Å². The predicted octanol–water partition coefficient (Wildman–Crippen LogP) is 1.58. The summed E-state index contributed by atoms with van der Waals surface area (Å²) in [5, 5.41) is 19.7. The summed E-state index contributed by atoms with van der Waals surface area (Å²) in [6.07, 6.45) is 2.41. The predicted molar refractivity (Wildman–Crippen MR) is 62.9 cm³/mol. The van der Waals surface area contributed by atoms with E-state index < -0.39 is 0 Å². The molecule has 0 saturated heterocycles. The first-order chi connectivity index (χ1) is 8.20. The van der Waals surface area contributed by atoms with Crippen molar-refractivity contribution in [3.63, 3.8) is 0 Å². The molecule has 0 spiro atoms. The van der Waals surface area contributed by atoms with Gasteiger partial charge in [-0.15, -0.1) is 0 Å². The van der Waals surface area contributed by atoms with Crippen LogP contribution in [-0.4, -0.2) is 22.9 Å². The molecule has 1 aromatic heterocycles. The van der Waals surface area contributed by atoms with E-state index in [1.54, 1.807) is 10.9 Å². The monoisotopic (exact) mass is 233 g/mol. The molecular formula is C10H15N7. The van der Waals surface area contributed by atoms with Crippen LogP contribution in [0.4, 0.5) is 0 Å². The minimum absolute atomic E-state index is 0.366. The van der Waals surface area contributed by atoms with Gasteiger partial charge < -0.3 is 0 Å². The number of nitrogens with one attached hydrogen (secondary N) is 1. The highest BCUT2D eigenvalue weighted by Crippen LogP contribution is 2.15. The Labute approximate surface area is 99.7 Å². The van der Waals surface area contributed by atoms with Crippen LogP contribution in [0.3, 0.4) is 0 Å². The number of aryl methyl sites for hydroxylation is 1. The number of hydrogen-bond acceptors (Lipinski definition) is 4. The highest BCUT2D eigenvalue weighted by Gasteiger charge is 2.14. The molecule has 1 heterocycles. The summed E-state index contributed by atoms with van der Waals surface area (Å²) in [6.45, 7) is 2.99. The van der Waals surface area contributed by atoms with E-state index in [1.165, 1.54) is 0 Å². The molecule has 1 unspecified atom stereocenters. The third kappa shape index (κ3) is 3.48. The van der Waals surface area contributed by atoms with Gasteiger partial charge in [0.25, 0.3) is 0 Å². The molecule has 0 aromatic carbocycles. The number of hydrogen-bond donors (Lipinski definition) is 1. The number of aromatic nitrogens is 2. The van der Waals surface area contributed by atoms with E-state index in [0.29, 0.717) is 19.5 Å². The Balaban J connectivity index is 2.52. The third-order valence-electron chi connectivity index (χ3n) is 2.56. The summed E-state index contributed by atoms with van der Waals surface area (Å²) in [7, 11) is 1.84. The van der Waals surface area contributed by atoms with Crippen LogP contribution in [0.25, 0.3) is 10.4 Å². The van der Waals surface area contributed by atoms with Gasteiger partial charge in [-0.2, -0.15) is 10.4 Å². The second kappa shape index (κ2) is 6.53. The van der Waals surface area contributed by atoms with Crippen molar-refractivity contribution in [2.24, 2.45) is 12.2 Å². The Hall–Kier alpha value is -2.03. The van der Waals surface area contributed by atoms with Gasteiger partial charge >= 0.3 is 0 Å². The zero-order chi connectivity index (χ0) is 12.7. The van der Waals surface area contributed by atoms with Crippen LogP contribution < -0.4 is 5.32 Å². The van der Waals surface area contributed by atoms with Crippen molar-refractivity contribution in [1.82, 2.24) is 15.1 Å². The molecule has 1 rings (SSSR count). The van der Waals surface area contributed by atoms with E-state index in [-0.39, 0.29) is 6.04 Å². The van der Waals surface area contributed by atoms with E-state index in [1.807, 2.05) is 14.0 Å². The topological polar surface area (TPSA) is 102 Å². The van der Waals surface area contributed by atoms with Gasteiger partial charge in [0.15, 0.2) is 0 Å². The molecular weight excluding hydrogens is 218 g/mol. The van der Waals surface area contributed by atoms with Gasteiger partial charge in [0, 0.05) is 29.8 Å².